The minimum Gasteiger partial charge on any atom is -0.393 e. The summed E-state index contributed by atoms with van der Waals surface area (Å²) in [5.41, 5.74) is 3.61. The number of thiazole rings is 1. The zero-order valence-corrected chi connectivity index (χ0v) is 20.4. The number of rotatable bonds is 6. The Hall–Kier alpha value is -1.27. The molecule has 4 nitrogen and oxygen atoms in total. The highest BCUT2D eigenvalue weighted by atomic mass is 32.1. The summed E-state index contributed by atoms with van der Waals surface area (Å²) in [5, 5.41) is 33.5. The lowest BCUT2D eigenvalue weighted by molar-refractivity contribution is 0.0823. The Morgan fingerprint density at radius 1 is 1.28 bits per heavy atom. The molecule has 3 saturated carbocycles. The highest BCUT2D eigenvalue weighted by Crippen LogP contribution is 2.60. The van der Waals surface area contributed by atoms with Crippen molar-refractivity contribution in [2.24, 2.45) is 23.2 Å². The summed E-state index contributed by atoms with van der Waals surface area (Å²) in [5.74, 6) is 1.87. The van der Waals surface area contributed by atoms with Gasteiger partial charge in [0.2, 0.25) is 0 Å². The third-order valence-corrected chi connectivity index (χ3v) is 9.50. The van der Waals surface area contributed by atoms with E-state index in [1.54, 1.807) is 6.20 Å². The molecule has 32 heavy (non-hydrogen) atoms. The summed E-state index contributed by atoms with van der Waals surface area (Å²) in [6, 6.07) is 0. The molecule has 3 fully saturated rings. The van der Waals surface area contributed by atoms with Gasteiger partial charge in [-0.25, -0.2) is 4.98 Å². The largest absolute Gasteiger partial charge is 0.393 e. The number of hydrogen-bond donors (Lipinski definition) is 3. The molecule has 3 aliphatic rings. The van der Waals surface area contributed by atoms with Gasteiger partial charge in [0.05, 0.1) is 12.2 Å². The van der Waals surface area contributed by atoms with Crippen molar-refractivity contribution >= 4 is 11.3 Å². The predicted octanol–water partition coefficient (Wildman–Crippen LogP) is 5.73. The Balaban J connectivity index is 1.44. The van der Waals surface area contributed by atoms with Crippen molar-refractivity contribution in [1.29, 1.82) is 0 Å². The monoisotopic (exact) mass is 457 g/mol. The Morgan fingerprint density at radius 3 is 2.84 bits per heavy atom. The maximum atomic E-state index is 10.5. The van der Waals surface area contributed by atoms with Crippen LogP contribution in [0.15, 0.2) is 47.0 Å². The van der Waals surface area contributed by atoms with Crippen LogP contribution in [0.2, 0.25) is 0 Å². The minimum atomic E-state index is -0.628. The number of hydrogen-bond acceptors (Lipinski definition) is 5. The first-order valence-corrected chi connectivity index (χ1v) is 13.2. The van der Waals surface area contributed by atoms with E-state index in [-0.39, 0.29) is 0 Å². The molecule has 0 unspecified atom stereocenters. The molecule has 5 heteroatoms. The third-order valence-electron chi connectivity index (χ3n) is 8.62. The van der Waals surface area contributed by atoms with E-state index in [4.69, 9.17) is 0 Å². The van der Waals surface area contributed by atoms with Crippen molar-refractivity contribution in [1.82, 2.24) is 4.98 Å². The average molecular weight is 458 g/mol. The van der Waals surface area contributed by atoms with Gasteiger partial charge < -0.3 is 15.3 Å². The second-order valence-corrected chi connectivity index (χ2v) is 11.5. The van der Waals surface area contributed by atoms with Gasteiger partial charge in [0.25, 0.3) is 0 Å². The Morgan fingerprint density at radius 2 is 2.09 bits per heavy atom. The molecule has 1 aromatic rings. The second kappa shape index (κ2) is 9.92. The van der Waals surface area contributed by atoms with Crippen LogP contribution >= 0.6 is 11.3 Å². The number of allylic oxidation sites excluding steroid dienone is 3. The van der Waals surface area contributed by atoms with E-state index in [2.05, 4.69) is 37.6 Å². The number of aliphatic hydroxyl groups is 3. The molecule has 1 heterocycles. The van der Waals surface area contributed by atoms with Crippen LogP contribution in [-0.2, 0) is 0 Å². The highest BCUT2D eigenvalue weighted by molar-refractivity contribution is 7.09. The molecule has 0 aliphatic heterocycles. The molecule has 1 aromatic heterocycles. The van der Waals surface area contributed by atoms with Gasteiger partial charge in [-0.3, -0.25) is 0 Å². The van der Waals surface area contributed by atoms with Crippen LogP contribution < -0.4 is 0 Å². The molecule has 0 aromatic carbocycles. The van der Waals surface area contributed by atoms with Gasteiger partial charge in [-0.1, -0.05) is 38.2 Å². The summed E-state index contributed by atoms with van der Waals surface area (Å²) in [7, 11) is 0. The molecule has 0 saturated heterocycles. The summed E-state index contributed by atoms with van der Waals surface area (Å²) >= 11 is 1.54. The first kappa shape index (κ1) is 23.9. The molecule has 0 spiro atoms. The quantitative estimate of drug-likeness (QED) is 0.510. The predicted molar refractivity (Wildman–Crippen MR) is 130 cm³/mol. The lowest BCUT2D eigenvalue weighted by atomic mass is 9.60. The summed E-state index contributed by atoms with van der Waals surface area (Å²) in [4.78, 5) is 4.27. The number of aromatic nitrogens is 1. The Bertz CT molecular complexity index is 860. The fourth-order valence-electron chi connectivity index (χ4n) is 6.82. The maximum absolute atomic E-state index is 10.5. The van der Waals surface area contributed by atoms with Gasteiger partial charge in [0.15, 0.2) is 0 Å². The SMILES string of the molecule is C=C1C(=CC=C2CCC[C@]3(C)[C@@H]([C@H](C)CC[C@@H](O)c4nccs4)CC[C@@H]23)C[C@@H](O)C[C@@H]1O. The van der Waals surface area contributed by atoms with Gasteiger partial charge in [-0.15, -0.1) is 11.3 Å². The number of nitrogens with zero attached hydrogens (tertiary/aromatic N) is 1. The van der Waals surface area contributed by atoms with Crippen molar-refractivity contribution in [2.75, 3.05) is 0 Å². The maximum Gasteiger partial charge on any atom is 0.121 e. The lowest BCUT2D eigenvalue weighted by Crippen LogP contribution is -2.36. The molecule has 0 amide bonds. The molecule has 3 aliphatic carbocycles. The minimum absolute atomic E-state index is 0.316. The lowest BCUT2D eigenvalue weighted by Gasteiger charge is -2.44. The first-order chi connectivity index (χ1) is 15.3. The smallest absolute Gasteiger partial charge is 0.121 e. The first-order valence-electron chi connectivity index (χ1n) is 12.3. The van der Waals surface area contributed by atoms with Crippen LogP contribution in [0.1, 0.15) is 82.7 Å². The van der Waals surface area contributed by atoms with Crippen molar-refractivity contribution in [3.63, 3.8) is 0 Å². The van der Waals surface area contributed by atoms with E-state index in [1.165, 1.54) is 42.6 Å². The Kier molecular flexibility index (Phi) is 7.40. The molecule has 0 bridgehead atoms. The topological polar surface area (TPSA) is 73.6 Å². The standard InChI is InChI=1S/C27H39NO3S/c1-17(6-11-24(30)26-28-13-14-32-26)22-9-10-23-19(5-4-12-27(22,23)3)7-8-20-15-21(29)16-25(31)18(20)2/h7-8,13-14,17,21-25,29-31H,2,4-6,9-12,15-16H2,1,3H3/t17-,21-,22-,23+,24-,25+,27-/m1/s1. The average Bonchev–Trinajstić information content (AvgIpc) is 3.41. The van der Waals surface area contributed by atoms with Crippen molar-refractivity contribution in [3.8, 4) is 0 Å². The zero-order valence-electron chi connectivity index (χ0n) is 19.5. The van der Waals surface area contributed by atoms with E-state index in [1.807, 2.05) is 5.38 Å². The van der Waals surface area contributed by atoms with Crippen molar-refractivity contribution in [3.05, 3.63) is 52.0 Å². The van der Waals surface area contributed by atoms with Crippen LogP contribution in [-0.4, -0.2) is 32.5 Å². The summed E-state index contributed by atoms with van der Waals surface area (Å²) in [6.07, 6.45) is 13.6. The summed E-state index contributed by atoms with van der Waals surface area (Å²) in [6.45, 7) is 8.93. The fraction of sp³-hybridized carbons (Fsp3) is 0.667. The molecule has 4 rings (SSSR count). The van der Waals surface area contributed by atoms with E-state index < -0.39 is 18.3 Å². The van der Waals surface area contributed by atoms with Crippen LogP contribution in [0.5, 0.6) is 0 Å². The number of fused-ring (bicyclic) bond motifs is 1. The molecule has 3 N–H and O–H groups in total. The normalized spacial score (nSPS) is 37.6. The molecular weight excluding hydrogens is 418 g/mol. The zero-order chi connectivity index (χ0) is 22.9. The van der Waals surface area contributed by atoms with Crippen LogP contribution in [0, 0.1) is 23.2 Å². The van der Waals surface area contributed by atoms with Gasteiger partial charge in [-0.2, -0.15) is 0 Å². The van der Waals surface area contributed by atoms with Crippen molar-refractivity contribution < 1.29 is 15.3 Å². The molecule has 7 atom stereocenters. The highest BCUT2D eigenvalue weighted by Gasteiger charge is 2.50. The van der Waals surface area contributed by atoms with Gasteiger partial charge in [0, 0.05) is 18.0 Å². The number of aliphatic hydroxyl groups excluding tert-OH is 3. The molecule has 0 radical (unpaired) electrons. The van der Waals surface area contributed by atoms with E-state index >= 15 is 0 Å². The fourth-order valence-corrected chi connectivity index (χ4v) is 7.48. The van der Waals surface area contributed by atoms with Crippen LogP contribution in [0.4, 0.5) is 0 Å². The van der Waals surface area contributed by atoms with E-state index in [0.29, 0.717) is 36.0 Å². The van der Waals surface area contributed by atoms with E-state index in [0.717, 1.165) is 35.4 Å². The molecule has 176 valence electrons. The molecular formula is C27H39NO3S. The summed E-state index contributed by atoms with van der Waals surface area (Å²) < 4.78 is 0. The van der Waals surface area contributed by atoms with Crippen LogP contribution in [0.3, 0.4) is 0 Å². The van der Waals surface area contributed by atoms with Crippen molar-refractivity contribution in [2.45, 2.75) is 89.9 Å². The van der Waals surface area contributed by atoms with E-state index in [9.17, 15) is 15.3 Å². The van der Waals surface area contributed by atoms with Crippen LogP contribution in [0.25, 0.3) is 0 Å². The van der Waals surface area contributed by atoms with Gasteiger partial charge in [-0.05, 0) is 85.7 Å². The second-order valence-electron chi connectivity index (χ2n) is 10.6. The van der Waals surface area contributed by atoms with Gasteiger partial charge >= 0.3 is 0 Å². The van der Waals surface area contributed by atoms with Gasteiger partial charge in [0.1, 0.15) is 11.1 Å². The third kappa shape index (κ3) is 4.82. The Labute approximate surface area is 196 Å².